The number of hydrogen-bond donors (Lipinski definition) is 0. The van der Waals surface area contributed by atoms with Gasteiger partial charge < -0.3 is 28.4 Å². The summed E-state index contributed by atoms with van der Waals surface area (Å²) in [5, 5.41) is 0. The average Bonchev–Trinajstić information content (AvgIpc) is 2.91. The number of halogens is 1. The molecule has 9 heteroatoms. The number of ether oxygens (including phenoxy) is 6. The van der Waals surface area contributed by atoms with Gasteiger partial charge in [-0.25, -0.2) is 9.18 Å². The molecule has 0 atom stereocenters. The fourth-order valence-electron chi connectivity index (χ4n) is 3.15. The van der Waals surface area contributed by atoms with Crippen molar-refractivity contribution in [1.29, 1.82) is 0 Å². The highest BCUT2D eigenvalue weighted by Crippen LogP contribution is 2.19. The van der Waals surface area contributed by atoms with E-state index in [1.54, 1.807) is 7.05 Å². The van der Waals surface area contributed by atoms with Crippen molar-refractivity contribution in [2.45, 2.75) is 26.4 Å². The first-order valence-corrected chi connectivity index (χ1v) is 13.1. The Balaban J connectivity index is 1.59. The molecule has 8 nitrogen and oxygen atoms in total. The third-order valence-corrected chi connectivity index (χ3v) is 5.13. The molecule has 0 heterocycles. The van der Waals surface area contributed by atoms with Gasteiger partial charge in [0.2, 0.25) is 0 Å². The molecule has 0 aromatic heterocycles. The summed E-state index contributed by atoms with van der Waals surface area (Å²) >= 11 is 0. The van der Waals surface area contributed by atoms with Crippen molar-refractivity contribution in [1.82, 2.24) is 0 Å². The lowest BCUT2D eigenvalue weighted by molar-refractivity contribution is -0.00557. The van der Waals surface area contributed by atoms with Crippen LogP contribution in [0, 0.1) is 0 Å². The molecule has 0 spiro atoms. The Labute approximate surface area is 231 Å². The summed E-state index contributed by atoms with van der Waals surface area (Å²) in [6, 6.07) is 15.5. The standard InChI is InChI=1S/C30H42FNO7/c1-30(2,3)39-29(33)32(4)27-11-7-25(8-12-27)5-6-26-9-13-28(14-10-26)38-24-23-37-22-21-36-20-19-35-18-17-34-16-15-31/h5-14H,15-24H2,1-4H3/b6-5+. The van der Waals surface area contributed by atoms with Crippen molar-refractivity contribution in [2.75, 3.05) is 78.1 Å². The largest absolute Gasteiger partial charge is 0.491 e. The van der Waals surface area contributed by atoms with Crippen LogP contribution >= 0.6 is 0 Å². The lowest BCUT2D eigenvalue weighted by Crippen LogP contribution is -2.34. The zero-order chi connectivity index (χ0) is 28.3. The number of carbonyl (C=O) groups is 1. The van der Waals surface area contributed by atoms with Crippen LogP contribution in [0.2, 0.25) is 0 Å². The van der Waals surface area contributed by atoms with Crippen molar-refractivity contribution in [3.8, 4) is 5.75 Å². The van der Waals surface area contributed by atoms with E-state index in [4.69, 9.17) is 28.4 Å². The van der Waals surface area contributed by atoms with Gasteiger partial charge in [-0.15, -0.1) is 0 Å². The monoisotopic (exact) mass is 547 g/mol. The van der Waals surface area contributed by atoms with E-state index in [1.807, 2.05) is 81.5 Å². The molecular formula is C30H42FNO7. The zero-order valence-electron chi connectivity index (χ0n) is 23.5. The molecule has 0 bridgehead atoms. The second kappa shape index (κ2) is 18.3. The van der Waals surface area contributed by atoms with Crippen LogP contribution < -0.4 is 9.64 Å². The van der Waals surface area contributed by atoms with Gasteiger partial charge in [-0.2, -0.15) is 0 Å². The quantitative estimate of drug-likeness (QED) is 0.177. The highest BCUT2D eigenvalue weighted by molar-refractivity contribution is 5.87. The SMILES string of the molecule is CN(C(=O)OC(C)(C)C)c1ccc(/C=C/c2ccc(OCCOCCOCCOCCOCCF)cc2)cc1. The van der Waals surface area contributed by atoms with Gasteiger partial charge >= 0.3 is 6.09 Å². The van der Waals surface area contributed by atoms with E-state index in [2.05, 4.69) is 0 Å². The molecule has 0 aliphatic heterocycles. The van der Waals surface area contributed by atoms with Crippen molar-refractivity contribution in [2.24, 2.45) is 0 Å². The van der Waals surface area contributed by atoms with Gasteiger partial charge in [0.25, 0.3) is 0 Å². The maximum Gasteiger partial charge on any atom is 0.414 e. The first-order valence-electron chi connectivity index (χ1n) is 13.1. The maximum absolute atomic E-state index is 12.2. The molecule has 216 valence electrons. The first kappa shape index (κ1) is 32.2. The third-order valence-electron chi connectivity index (χ3n) is 5.13. The fourth-order valence-corrected chi connectivity index (χ4v) is 3.15. The summed E-state index contributed by atoms with van der Waals surface area (Å²) in [6.07, 6.45) is 3.64. The topological polar surface area (TPSA) is 75.7 Å². The number of amides is 1. The van der Waals surface area contributed by atoms with Crippen LogP contribution in [0.15, 0.2) is 48.5 Å². The molecular weight excluding hydrogens is 505 g/mol. The summed E-state index contributed by atoms with van der Waals surface area (Å²) in [6.45, 7) is 8.79. The number of nitrogens with zero attached hydrogens (tertiary/aromatic N) is 1. The van der Waals surface area contributed by atoms with Crippen molar-refractivity contribution in [3.63, 3.8) is 0 Å². The summed E-state index contributed by atoms with van der Waals surface area (Å²) in [4.78, 5) is 13.7. The molecule has 2 rings (SSSR count). The summed E-state index contributed by atoms with van der Waals surface area (Å²) in [5.41, 5.74) is 2.29. The molecule has 0 radical (unpaired) electrons. The normalized spacial score (nSPS) is 11.6. The maximum atomic E-state index is 12.2. The summed E-state index contributed by atoms with van der Waals surface area (Å²) < 4.78 is 44.2. The Morgan fingerprint density at radius 1 is 0.718 bits per heavy atom. The van der Waals surface area contributed by atoms with E-state index in [0.717, 1.165) is 22.6 Å². The van der Waals surface area contributed by atoms with E-state index in [1.165, 1.54) is 4.90 Å². The van der Waals surface area contributed by atoms with Crippen LogP contribution in [0.25, 0.3) is 12.2 Å². The van der Waals surface area contributed by atoms with E-state index in [0.29, 0.717) is 52.9 Å². The average molecular weight is 548 g/mol. The number of carbonyl (C=O) groups excluding carboxylic acids is 1. The van der Waals surface area contributed by atoms with E-state index >= 15 is 0 Å². The molecule has 0 N–H and O–H groups in total. The van der Waals surface area contributed by atoms with Gasteiger partial charge in [-0.05, 0) is 56.2 Å². The molecule has 0 saturated heterocycles. The minimum atomic E-state index is -0.537. The van der Waals surface area contributed by atoms with Gasteiger partial charge in [0.1, 0.15) is 24.6 Å². The highest BCUT2D eigenvalue weighted by atomic mass is 19.1. The van der Waals surface area contributed by atoms with Crippen molar-refractivity contribution >= 4 is 23.9 Å². The first-order chi connectivity index (χ1) is 18.8. The Morgan fingerprint density at radius 2 is 1.15 bits per heavy atom. The molecule has 0 saturated carbocycles. The van der Waals surface area contributed by atoms with Gasteiger partial charge in [-0.1, -0.05) is 36.4 Å². The molecule has 1 amide bonds. The number of hydrogen-bond acceptors (Lipinski definition) is 7. The number of anilines is 1. The van der Waals surface area contributed by atoms with Crippen LogP contribution in [0.1, 0.15) is 31.9 Å². The van der Waals surface area contributed by atoms with Crippen LogP contribution in [0.4, 0.5) is 14.9 Å². The molecule has 39 heavy (non-hydrogen) atoms. The molecule has 0 unspecified atom stereocenters. The Kier molecular flexibility index (Phi) is 15.2. The highest BCUT2D eigenvalue weighted by Gasteiger charge is 2.20. The molecule has 0 aliphatic rings. The van der Waals surface area contributed by atoms with E-state index in [-0.39, 0.29) is 12.7 Å². The van der Waals surface area contributed by atoms with Gasteiger partial charge in [-0.3, -0.25) is 4.90 Å². The molecule has 0 aliphatic carbocycles. The fraction of sp³-hybridized carbons (Fsp3) is 0.500. The minimum Gasteiger partial charge on any atom is -0.491 e. The minimum absolute atomic E-state index is 0.110. The molecule has 0 fully saturated rings. The van der Waals surface area contributed by atoms with Crippen LogP contribution in [0.3, 0.4) is 0 Å². The third kappa shape index (κ3) is 14.7. The smallest absolute Gasteiger partial charge is 0.414 e. The van der Waals surface area contributed by atoms with Gasteiger partial charge in [0.15, 0.2) is 0 Å². The molecule has 2 aromatic carbocycles. The number of rotatable bonds is 18. The number of benzene rings is 2. The van der Waals surface area contributed by atoms with Crippen molar-refractivity contribution < 1.29 is 37.6 Å². The predicted octanol–water partition coefficient (Wildman–Crippen LogP) is 5.64. The second-order valence-electron chi connectivity index (χ2n) is 9.52. The van der Waals surface area contributed by atoms with Crippen LogP contribution in [-0.2, 0) is 23.7 Å². The second-order valence-corrected chi connectivity index (χ2v) is 9.52. The van der Waals surface area contributed by atoms with E-state index in [9.17, 15) is 9.18 Å². The van der Waals surface area contributed by atoms with Crippen molar-refractivity contribution in [3.05, 3.63) is 59.7 Å². The van der Waals surface area contributed by atoms with Crippen LogP contribution in [-0.4, -0.2) is 84.9 Å². The van der Waals surface area contributed by atoms with E-state index < -0.39 is 12.3 Å². The predicted molar refractivity (Wildman–Crippen MR) is 151 cm³/mol. The summed E-state index contributed by atoms with van der Waals surface area (Å²) in [5.74, 6) is 0.772. The van der Waals surface area contributed by atoms with Crippen LogP contribution in [0.5, 0.6) is 5.75 Å². The zero-order valence-corrected chi connectivity index (χ0v) is 23.5. The lowest BCUT2D eigenvalue weighted by atomic mass is 10.1. The Hall–Kier alpha value is -2.98. The molecule has 2 aromatic rings. The lowest BCUT2D eigenvalue weighted by Gasteiger charge is -2.24. The van der Waals surface area contributed by atoms with Gasteiger partial charge in [0, 0.05) is 12.7 Å². The Morgan fingerprint density at radius 3 is 1.62 bits per heavy atom. The van der Waals surface area contributed by atoms with Gasteiger partial charge in [0.05, 0.1) is 52.9 Å². The summed E-state index contributed by atoms with van der Waals surface area (Å²) in [7, 11) is 1.70. The number of alkyl halides is 1. The Bertz CT molecular complexity index is 959.